The van der Waals surface area contributed by atoms with Crippen molar-refractivity contribution in [2.24, 2.45) is 0 Å². The lowest BCUT2D eigenvalue weighted by Crippen LogP contribution is -2.16. The van der Waals surface area contributed by atoms with Crippen molar-refractivity contribution in [3.05, 3.63) is 141 Å². The van der Waals surface area contributed by atoms with E-state index >= 15 is 0 Å². The monoisotopic (exact) mass is 508 g/mol. The maximum Gasteiger partial charge on any atom is 0.128 e. The van der Waals surface area contributed by atoms with Crippen LogP contribution in [0, 0.1) is 41.5 Å². The minimum atomic E-state index is 0.308. The van der Waals surface area contributed by atoms with Gasteiger partial charge in [0.05, 0.1) is 0 Å². The maximum absolute atomic E-state index is 6.37. The van der Waals surface area contributed by atoms with Gasteiger partial charge < -0.3 is 4.74 Å². The predicted molar refractivity (Wildman–Crippen MR) is 164 cm³/mol. The van der Waals surface area contributed by atoms with Gasteiger partial charge in [-0.05, 0) is 133 Å². The van der Waals surface area contributed by atoms with Crippen molar-refractivity contribution in [3.8, 4) is 33.8 Å². The van der Waals surface area contributed by atoms with Crippen LogP contribution < -0.4 is 4.74 Å². The highest BCUT2D eigenvalue weighted by Gasteiger charge is 2.31. The molecule has 0 aromatic heterocycles. The molecule has 0 fully saturated rings. The van der Waals surface area contributed by atoms with Crippen LogP contribution >= 0.6 is 0 Å². The van der Waals surface area contributed by atoms with E-state index in [4.69, 9.17) is 4.74 Å². The molecule has 0 amide bonds. The summed E-state index contributed by atoms with van der Waals surface area (Å²) in [6.07, 6.45) is 0.979. The smallest absolute Gasteiger partial charge is 0.128 e. The van der Waals surface area contributed by atoms with E-state index in [0.717, 1.165) is 17.9 Å². The molecule has 1 unspecified atom stereocenters. The van der Waals surface area contributed by atoms with E-state index in [1.165, 1.54) is 72.3 Å². The van der Waals surface area contributed by atoms with Crippen molar-refractivity contribution in [1.82, 2.24) is 0 Å². The summed E-state index contributed by atoms with van der Waals surface area (Å²) in [5.41, 5.74) is 17.3. The van der Waals surface area contributed by atoms with Crippen LogP contribution in [-0.2, 0) is 6.42 Å². The Kier molecular flexibility index (Phi) is 6.39. The number of ether oxygens (including phenoxy) is 1. The highest BCUT2D eigenvalue weighted by atomic mass is 16.5. The van der Waals surface area contributed by atoms with Crippen LogP contribution in [0.4, 0.5) is 0 Å². The molecule has 0 heterocycles. The van der Waals surface area contributed by atoms with Gasteiger partial charge in [0, 0.05) is 5.92 Å². The van der Waals surface area contributed by atoms with E-state index < -0.39 is 0 Å². The van der Waals surface area contributed by atoms with Crippen molar-refractivity contribution in [2.75, 3.05) is 0 Å². The van der Waals surface area contributed by atoms with Crippen molar-refractivity contribution in [1.29, 1.82) is 0 Å². The third-order valence-corrected chi connectivity index (χ3v) is 8.57. The standard InChI is InChI=1S/C38H36O/c1-23-7-12-29(13-8-23)35-21-31-15-18-33(39-32-16-9-24(2)10-17-32)22-36(31)38-34(20-27(5)28(6)37(35)38)30-14-11-25(3)26(4)19-30/h7-20,22,35H,21H2,1-6H3. The third-order valence-electron chi connectivity index (χ3n) is 8.57. The van der Waals surface area contributed by atoms with Gasteiger partial charge in [-0.25, -0.2) is 0 Å². The van der Waals surface area contributed by atoms with Crippen molar-refractivity contribution in [2.45, 2.75) is 53.9 Å². The van der Waals surface area contributed by atoms with E-state index in [0.29, 0.717) is 5.92 Å². The van der Waals surface area contributed by atoms with Crippen LogP contribution in [0.15, 0.2) is 91.0 Å². The molecule has 194 valence electrons. The lowest BCUT2D eigenvalue weighted by atomic mass is 9.71. The van der Waals surface area contributed by atoms with Gasteiger partial charge >= 0.3 is 0 Å². The Labute approximate surface area is 233 Å². The lowest BCUT2D eigenvalue weighted by molar-refractivity contribution is 0.482. The first kappa shape index (κ1) is 25.2. The SMILES string of the molecule is Cc1ccc(Oc2ccc3c(c2)-c2c(-c4ccc(C)c(C)c4)cc(C)c(C)c2C(c2ccc(C)cc2)C3)cc1. The summed E-state index contributed by atoms with van der Waals surface area (Å²) in [7, 11) is 0. The molecule has 0 aliphatic heterocycles. The van der Waals surface area contributed by atoms with Gasteiger partial charge in [-0.15, -0.1) is 0 Å². The van der Waals surface area contributed by atoms with Gasteiger partial charge in [-0.3, -0.25) is 0 Å². The molecule has 1 aliphatic rings. The highest BCUT2D eigenvalue weighted by Crippen LogP contribution is 2.50. The summed E-state index contributed by atoms with van der Waals surface area (Å²) in [6, 6.07) is 33.4. The second kappa shape index (κ2) is 9.89. The van der Waals surface area contributed by atoms with Crippen LogP contribution in [0.5, 0.6) is 11.5 Å². The Morgan fingerprint density at radius 2 is 1.23 bits per heavy atom. The van der Waals surface area contributed by atoms with Crippen LogP contribution in [0.1, 0.15) is 56.0 Å². The summed E-state index contributed by atoms with van der Waals surface area (Å²) in [5.74, 6) is 2.05. The Hall–Kier alpha value is -4.10. The summed E-state index contributed by atoms with van der Waals surface area (Å²) in [5, 5.41) is 0. The average molecular weight is 509 g/mol. The summed E-state index contributed by atoms with van der Waals surface area (Å²) < 4.78 is 6.37. The second-order valence-electron chi connectivity index (χ2n) is 11.4. The van der Waals surface area contributed by atoms with Crippen LogP contribution in [0.2, 0.25) is 0 Å². The molecule has 1 nitrogen and oxygen atoms in total. The molecule has 0 radical (unpaired) electrons. The van der Waals surface area contributed by atoms with Crippen molar-refractivity contribution >= 4 is 0 Å². The number of rotatable bonds is 4. The molecule has 0 saturated carbocycles. The lowest BCUT2D eigenvalue weighted by Gasteiger charge is -2.33. The van der Waals surface area contributed by atoms with Gasteiger partial charge in [-0.1, -0.05) is 77.9 Å². The summed E-state index contributed by atoms with van der Waals surface area (Å²) in [6.45, 7) is 13.2. The summed E-state index contributed by atoms with van der Waals surface area (Å²) in [4.78, 5) is 0. The molecule has 0 saturated heterocycles. The molecule has 6 rings (SSSR count). The second-order valence-corrected chi connectivity index (χ2v) is 11.4. The van der Waals surface area contributed by atoms with Gasteiger partial charge in [0.1, 0.15) is 11.5 Å². The van der Waals surface area contributed by atoms with Gasteiger partial charge in [0.25, 0.3) is 0 Å². The molecule has 0 spiro atoms. The first-order valence-corrected chi connectivity index (χ1v) is 13.9. The quantitative estimate of drug-likeness (QED) is 0.235. The number of hydrogen-bond donors (Lipinski definition) is 0. The molecule has 39 heavy (non-hydrogen) atoms. The zero-order chi connectivity index (χ0) is 27.3. The van der Waals surface area contributed by atoms with E-state index in [9.17, 15) is 0 Å². The van der Waals surface area contributed by atoms with Crippen LogP contribution in [-0.4, -0.2) is 0 Å². The molecule has 0 N–H and O–H groups in total. The highest BCUT2D eigenvalue weighted by molar-refractivity contribution is 5.91. The fraction of sp³-hybridized carbons (Fsp3) is 0.211. The first-order valence-electron chi connectivity index (χ1n) is 13.9. The topological polar surface area (TPSA) is 9.23 Å². The minimum Gasteiger partial charge on any atom is -0.457 e. The van der Waals surface area contributed by atoms with Crippen molar-refractivity contribution < 1.29 is 4.74 Å². The number of benzene rings is 5. The molecule has 5 aromatic carbocycles. The Bertz CT molecular complexity index is 1690. The Balaban J connectivity index is 1.59. The fourth-order valence-corrected chi connectivity index (χ4v) is 5.98. The van der Waals surface area contributed by atoms with E-state index in [1.54, 1.807) is 0 Å². The molecule has 1 aliphatic carbocycles. The largest absolute Gasteiger partial charge is 0.457 e. The minimum absolute atomic E-state index is 0.308. The number of fused-ring (bicyclic) bond motifs is 3. The first-order chi connectivity index (χ1) is 18.8. The normalized spacial score (nSPS) is 14.1. The van der Waals surface area contributed by atoms with Crippen molar-refractivity contribution in [3.63, 3.8) is 0 Å². The average Bonchev–Trinajstić information content (AvgIpc) is 2.93. The zero-order valence-corrected chi connectivity index (χ0v) is 23.9. The Morgan fingerprint density at radius 1 is 0.564 bits per heavy atom. The summed E-state index contributed by atoms with van der Waals surface area (Å²) >= 11 is 0. The maximum atomic E-state index is 6.37. The molecule has 0 bridgehead atoms. The molecular weight excluding hydrogens is 472 g/mol. The van der Waals surface area contributed by atoms with E-state index in [2.05, 4.69) is 120 Å². The number of hydrogen-bond acceptors (Lipinski definition) is 1. The molecule has 5 aromatic rings. The van der Waals surface area contributed by atoms with Gasteiger partial charge in [0.15, 0.2) is 0 Å². The molecular formula is C38H36O. The van der Waals surface area contributed by atoms with Crippen LogP contribution in [0.3, 0.4) is 0 Å². The fourth-order valence-electron chi connectivity index (χ4n) is 5.98. The molecule has 1 heteroatoms. The zero-order valence-electron chi connectivity index (χ0n) is 23.9. The van der Waals surface area contributed by atoms with Gasteiger partial charge in [0.2, 0.25) is 0 Å². The molecule has 1 atom stereocenters. The number of aryl methyl sites for hydroxylation is 5. The van der Waals surface area contributed by atoms with E-state index in [-0.39, 0.29) is 0 Å². The van der Waals surface area contributed by atoms with Gasteiger partial charge in [-0.2, -0.15) is 0 Å². The van der Waals surface area contributed by atoms with Crippen LogP contribution in [0.25, 0.3) is 22.3 Å². The predicted octanol–water partition coefficient (Wildman–Crippen LogP) is 10.4. The third kappa shape index (κ3) is 4.68. The van der Waals surface area contributed by atoms with E-state index in [1.807, 2.05) is 12.1 Å². The Morgan fingerprint density at radius 3 is 1.92 bits per heavy atom.